The number of carbonyl (C=O) groups is 3. The van der Waals surface area contributed by atoms with Gasteiger partial charge in [-0.25, -0.2) is 4.39 Å². The van der Waals surface area contributed by atoms with Gasteiger partial charge in [0.2, 0.25) is 5.91 Å². The van der Waals surface area contributed by atoms with Crippen LogP contribution in [0.2, 0.25) is 0 Å². The first-order chi connectivity index (χ1) is 18.5. The Kier molecular flexibility index (Phi) is 13.1. The van der Waals surface area contributed by atoms with Crippen LogP contribution in [0, 0.1) is 17.7 Å². The van der Waals surface area contributed by atoms with Gasteiger partial charge in [-0.1, -0.05) is 40.7 Å². The molecule has 0 aliphatic rings. The fraction of sp³-hybridized carbons (Fsp3) is 0.516. The molecule has 0 spiro atoms. The molecule has 0 saturated carbocycles. The van der Waals surface area contributed by atoms with Crippen LogP contribution in [0.5, 0.6) is 0 Å². The summed E-state index contributed by atoms with van der Waals surface area (Å²) in [5.74, 6) is -0.980. The highest BCUT2D eigenvalue weighted by molar-refractivity contribution is 5.99. The second kappa shape index (κ2) is 16.0. The highest BCUT2D eigenvalue weighted by Gasteiger charge is 2.26. The standard InChI is InChI=1S/C31H45FN4O3/c1-6-17-36(18-7-2)31(39)24-10-8-9-23(20-24)30(38)35-28(16-11-21(3)4)27(33)19-22(5)29(37)34-26-14-12-25(32)13-15-26/h8-10,12-15,20-22,27-28H,6-7,11,16-19,33H2,1-5H3,(H,34,37)(H,35,38)/t22-,27+,28+/m1/s1. The number of nitrogens with two attached hydrogens (primary N) is 1. The summed E-state index contributed by atoms with van der Waals surface area (Å²) in [7, 11) is 0. The Morgan fingerprint density at radius 3 is 2.13 bits per heavy atom. The van der Waals surface area contributed by atoms with Crippen LogP contribution in [-0.4, -0.2) is 47.8 Å². The van der Waals surface area contributed by atoms with E-state index in [4.69, 9.17) is 5.73 Å². The van der Waals surface area contributed by atoms with E-state index in [1.807, 2.05) is 18.7 Å². The second-order valence-electron chi connectivity index (χ2n) is 10.7. The molecule has 0 unspecified atom stereocenters. The number of amides is 3. The van der Waals surface area contributed by atoms with Crippen LogP contribution in [0.4, 0.5) is 10.1 Å². The minimum absolute atomic E-state index is 0.0811. The molecule has 2 aromatic carbocycles. The third kappa shape index (κ3) is 10.4. The largest absolute Gasteiger partial charge is 0.348 e. The number of carbonyl (C=O) groups excluding carboxylic acids is 3. The first-order valence-corrected chi connectivity index (χ1v) is 14.1. The van der Waals surface area contributed by atoms with Gasteiger partial charge < -0.3 is 21.3 Å². The smallest absolute Gasteiger partial charge is 0.253 e. The van der Waals surface area contributed by atoms with Crippen molar-refractivity contribution in [2.24, 2.45) is 17.6 Å². The van der Waals surface area contributed by atoms with Gasteiger partial charge in [0.15, 0.2) is 0 Å². The Bertz CT molecular complexity index is 1070. The summed E-state index contributed by atoms with van der Waals surface area (Å²) in [6.45, 7) is 11.4. The number of hydrogen-bond acceptors (Lipinski definition) is 4. The number of nitrogens with one attached hydrogen (secondary N) is 2. The number of nitrogens with zero attached hydrogens (tertiary/aromatic N) is 1. The summed E-state index contributed by atoms with van der Waals surface area (Å²) >= 11 is 0. The van der Waals surface area contributed by atoms with Crippen molar-refractivity contribution < 1.29 is 18.8 Å². The van der Waals surface area contributed by atoms with E-state index < -0.39 is 12.0 Å². The fourth-order valence-electron chi connectivity index (χ4n) is 4.47. The first-order valence-electron chi connectivity index (χ1n) is 14.1. The van der Waals surface area contributed by atoms with E-state index in [2.05, 4.69) is 24.5 Å². The van der Waals surface area contributed by atoms with Crippen LogP contribution in [-0.2, 0) is 4.79 Å². The molecule has 214 valence electrons. The zero-order valence-electron chi connectivity index (χ0n) is 24.0. The SMILES string of the molecule is CCCN(CCC)C(=O)c1cccc(C(=O)N[C@@H](CCC(C)C)[C@@H](N)C[C@@H](C)C(=O)Nc2ccc(F)cc2)c1. The molecule has 3 atom stereocenters. The predicted molar refractivity (Wildman–Crippen MR) is 155 cm³/mol. The molecule has 8 heteroatoms. The Balaban J connectivity index is 2.11. The van der Waals surface area contributed by atoms with Crippen molar-refractivity contribution in [2.75, 3.05) is 18.4 Å². The van der Waals surface area contributed by atoms with Crippen LogP contribution in [0.15, 0.2) is 48.5 Å². The highest BCUT2D eigenvalue weighted by Crippen LogP contribution is 2.18. The molecule has 0 saturated heterocycles. The maximum atomic E-state index is 13.3. The Labute approximate surface area is 232 Å². The molecule has 0 aromatic heterocycles. The fourth-order valence-corrected chi connectivity index (χ4v) is 4.47. The van der Waals surface area contributed by atoms with E-state index in [-0.39, 0.29) is 29.6 Å². The lowest BCUT2D eigenvalue weighted by atomic mass is 9.91. The summed E-state index contributed by atoms with van der Waals surface area (Å²) in [5, 5.41) is 5.86. The molecule has 7 nitrogen and oxygen atoms in total. The van der Waals surface area contributed by atoms with E-state index in [0.717, 1.165) is 19.3 Å². The molecule has 2 rings (SSSR count). The average Bonchev–Trinajstić information content (AvgIpc) is 2.91. The molecular weight excluding hydrogens is 495 g/mol. The van der Waals surface area contributed by atoms with Crippen molar-refractivity contribution in [1.82, 2.24) is 10.2 Å². The van der Waals surface area contributed by atoms with Gasteiger partial charge in [-0.3, -0.25) is 14.4 Å². The van der Waals surface area contributed by atoms with Crippen molar-refractivity contribution in [3.8, 4) is 0 Å². The van der Waals surface area contributed by atoms with E-state index in [1.165, 1.54) is 24.3 Å². The first kappa shape index (κ1) is 32.0. The van der Waals surface area contributed by atoms with Crippen molar-refractivity contribution in [1.29, 1.82) is 0 Å². The molecule has 0 aliphatic carbocycles. The van der Waals surface area contributed by atoms with Gasteiger partial charge in [-0.05, 0) is 80.5 Å². The number of benzene rings is 2. The topological polar surface area (TPSA) is 105 Å². The molecule has 0 heterocycles. The van der Waals surface area contributed by atoms with Gasteiger partial charge in [0.1, 0.15) is 5.82 Å². The van der Waals surface area contributed by atoms with Crippen LogP contribution < -0.4 is 16.4 Å². The Morgan fingerprint density at radius 1 is 0.923 bits per heavy atom. The number of halogens is 1. The Hall–Kier alpha value is -3.26. The maximum absolute atomic E-state index is 13.3. The lowest BCUT2D eigenvalue weighted by molar-refractivity contribution is -0.119. The lowest BCUT2D eigenvalue weighted by Crippen LogP contribution is -2.49. The molecule has 3 amide bonds. The average molecular weight is 541 g/mol. The molecule has 0 aliphatic heterocycles. The van der Waals surface area contributed by atoms with Crippen molar-refractivity contribution in [2.45, 2.75) is 78.8 Å². The summed E-state index contributed by atoms with van der Waals surface area (Å²) in [6, 6.07) is 11.6. The van der Waals surface area contributed by atoms with Crippen molar-refractivity contribution in [3.63, 3.8) is 0 Å². The van der Waals surface area contributed by atoms with Crippen molar-refractivity contribution >= 4 is 23.4 Å². The number of rotatable bonds is 15. The van der Waals surface area contributed by atoms with Crippen LogP contribution in [0.3, 0.4) is 0 Å². The van der Waals surface area contributed by atoms with Gasteiger partial charge in [0.05, 0.1) is 0 Å². The lowest BCUT2D eigenvalue weighted by Gasteiger charge is -2.28. The summed E-state index contributed by atoms with van der Waals surface area (Å²) < 4.78 is 13.2. The third-order valence-corrected chi connectivity index (χ3v) is 6.72. The molecule has 0 radical (unpaired) electrons. The van der Waals surface area contributed by atoms with Crippen LogP contribution >= 0.6 is 0 Å². The van der Waals surface area contributed by atoms with E-state index in [1.54, 1.807) is 31.2 Å². The quantitative estimate of drug-likeness (QED) is 0.273. The Morgan fingerprint density at radius 2 is 1.54 bits per heavy atom. The summed E-state index contributed by atoms with van der Waals surface area (Å²) in [5.41, 5.74) is 7.96. The molecule has 39 heavy (non-hydrogen) atoms. The second-order valence-corrected chi connectivity index (χ2v) is 10.7. The van der Waals surface area contributed by atoms with Gasteiger partial charge in [-0.15, -0.1) is 0 Å². The van der Waals surface area contributed by atoms with Gasteiger partial charge in [0.25, 0.3) is 11.8 Å². The minimum atomic E-state index is -0.462. The zero-order chi connectivity index (χ0) is 28.9. The van der Waals surface area contributed by atoms with Crippen LogP contribution in [0.1, 0.15) is 87.4 Å². The predicted octanol–water partition coefficient (Wildman–Crippen LogP) is 5.61. The van der Waals surface area contributed by atoms with Crippen LogP contribution in [0.25, 0.3) is 0 Å². The zero-order valence-corrected chi connectivity index (χ0v) is 24.0. The molecule has 0 bridgehead atoms. The summed E-state index contributed by atoms with van der Waals surface area (Å²) in [4.78, 5) is 40.9. The molecular formula is C31H45FN4O3. The summed E-state index contributed by atoms with van der Waals surface area (Å²) in [6.07, 6.45) is 3.60. The van der Waals surface area contributed by atoms with E-state index in [0.29, 0.717) is 48.7 Å². The van der Waals surface area contributed by atoms with Crippen molar-refractivity contribution in [3.05, 3.63) is 65.5 Å². The number of hydrogen-bond donors (Lipinski definition) is 3. The van der Waals surface area contributed by atoms with E-state index in [9.17, 15) is 18.8 Å². The van der Waals surface area contributed by atoms with Gasteiger partial charge in [-0.2, -0.15) is 0 Å². The highest BCUT2D eigenvalue weighted by atomic mass is 19.1. The third-order valence-electron chi connectivity index (χ3n) is 6.72. The van der Waals surface area contributed by atoms with E-state index >= 15 is 0 Å². The minimum Gasteiger partial charge on any atom is -0.348 e. The maximum Gasteiger partial charge on any atom is 0.253 e. The monoisotopic (exact) mass is 540 g/mol. The number of anilines is 1. The molecule has 2 aromatic rings. The normalized spacial score (nSPS) is 13.4. The van der Waals surface area contributed by atoms with Gasteiger partial charge in [0, 0.05) is 47.9 Å². The molecule has 4 N–H and O–H groups in total. The van der Waals surface area contributed by atoms with Gasteiger partial charge >= 0.3 is 0 Å². The molecule has 0 fully saturated rings.